The minimum Gasteiger partial charge on any atom is -0.490 e. The van der Waals surface area contributed by atoms with Gasteiger partial charge in [0.1, 0.15) is 30.5 Å². The largest absolute Gasteiger partial charge is 0.490 e. The highest BCUT2D eigenvalue weighted by Gasteiger charge is 2.12. The SMILES string of the molecule is O=C(Nc1ccc(F)cc1)c1ccccc1OCCOc1ccccc1. The number of carbonyl (C=O) groups is 1. The van der Waals surface area contributed by atoms with Gasteiger partial charge in [-0.05, 0) is 48.5 Å². The third-order valence-electron chi connectivity index (χ3n) is 3.59. The van der Waals surface area contributed by atoms with Gasteiger partial charge in [-0.2, -0.15) is 0 Å². The maximum atomic E-state index is 13.0. The summed E-state index contributed by atoms with van der Waals surface area (Å²) in [5.41, 5.74) is 0.912. The van der Waals surface area contributed by atoms with Gasteiger partial charge in [0.15, 0.2) is 0 Å². The Morgan fingerprint density at radius 3 is 2.23 bits per heavy atom. The number of nitrogens with one attached hydrogen (secondary N) is 1. The third-order valence-corrected chi connectivity index (χ3v) is 3.59. The normalized spacial score (nSPS) is 10.2. The van der Waals surface area contributed by atoms with E-state index in [1.54, 1.807) is 24.3 Å². The second-order valence-electron chi connectivity index (χ2n) is 5.47. The Morgan fingerprint density at radius 1 is 0.808 bits per heavy atom. The number of benzene rings is 3. The highest BCUT2D eigenvalue weighted by atomic mass is 19.1. The Labute approximate surface area is 151 Å². The zero-order valence-electron chi connectivity index (χ0n) is 14.0. The average Bonchev–Trinajstić information content (AvgIpc) is 2.68. The molecule has 26 heavy (non-hydrogen) atoms. The molecule has 0 fully saturated rings. The maximum absolute atomic E-state index is 13.0. The highest BCUT2D eigenvalue weighted by molar-refractivity contribution is 6.06. The van der Waals surface area contributed by atoms with Crippen LogP contribution in [-0.2, 0) is 0 Å². The summed E-state index contributed by atoms with van der Waals surface area (Å²) < 4.78 is 24.2. The molecular weight excluding hydrogens is 333 g/mol. The van der Waals surface area contributed by atoms with E-state index in [-0.39, 0.29) is 11.7 Å². The van der Waals surface area contributed by atoms with Gasteiger partial charge >= 0.3 is 0 Å². The van der Waals surface area contributed by atoms with Gasteiger partial charge in [-0.1, -0.05) is 30.3 Å². The van der Waals surface area contributed by atoms with Crippen molar-refractivity contribution < 1.29 is 18.7 Å². The molecule has 4 nitrogen and oxygen atoms in total. The number of amides is 1. The predicted octanol–water partition coefficient (Wildman–Crippen LogP) is 4.54. The summed E-state index contributed by atoms with van der Waals surface area (Å²) in [7, 11) is 0. The first kappa shape index (κ1) is 17.5. The first-order valence-electron chi connectivity index (χ1n) is 8.19. The Kier molecular flexibility index (Phi) is 5.83. The number of carbonyl (C=O) groups excluding carboxylic acids is 1. The number of hydrogen-bond donors (Lipinski definition) is 1. The van der Waals surface area contributed by atoms with Gasteiger partial charge in [-0.3, -0.25) is 4.79 Å². The van der Waals surface area contributed by atoms with Gasteiger partial charge in [0.25, 0.3) is 5.91 Å². The third kappa shape index (κ3) is 4.83. The number of halogens is 1. The van der Waals surface area contributed by atoms with Gasteiger partial charge in [-0.15, -0.1) is 0 Å². The summed E-state index contributed by atoms with van der Waals surface area (Å²) in [6, 6.07) is 22.0. The van der Waals surface area contributed by atoms with Crippen LogP contribution in [0.2, 0.25) is 0 Å². The topological polar surface area (TPSA) is 47.6 Å². The fourth-order valence-corrected chi connectivity index (χ4v) is 2.34. The zero-order valence-corrected chi connectivity index (χ0v) is 14.0. The Bertz CT molecular complexity index is 851. The molecule has 5 heteroatoms. The van der Waals surface area contributed by atoms with E-state index in [1.807, 2.05) is 30.3 Å². The van der Waals surface area contributed by atoms with Crippen molar-refractivity contribution >= 4 is 11.6 Å². The van der Waals surface area contributed by atoms with Crippen molar-refractivity contribution in [1.29, 1.82) is 0 Å². The van der Waals surface area contributed by atoms with Gasteiger partial charge in [0.05, 0.1) is 5.56 Å². The first-order chi connectivity index (χ1) is 12.7. The van der Waals surface area contributed by atoms with Gasteiger partial charge in [0.2, 0.25) is 0 Å². The lowest BCUT2D eigenvalue weighted by atomic mass is 10.2. The van der Waals surface area contributed by atoms with Gasteiger partial charge in [-0.25, -0.2) is 4.39 Å². The monoisotopic (exact) mass is 351 g/mol. The van der Waals surface area contributed by atoms with Crippen molar-refractivity contribution in [3.63, 3.8) is 0 Å². The van der Waals surface area contributed by atoms with Crippen LogP contribution in [0, 0.1) is 5.82 Å². The maximum Gasteiger partial charge on any atom is 0.259 e. The van der Waals surface area contributed by atoms with Crippen molar-refractivity contribution in [3.05, 3.63) is 90.2 Å². The summed E-state index contributed by atoms with van der Waals surface area (Å²) in [6.07, 6.45) is 0. The Morgan fingerprint density at radius 2 is 1.46 bits per heavy atom. The molecule has 0 unspecified atom stereocenters. The van der Waals surface area contributed by atoms with Crippen LogP contribution >= 0.6 is 0 Å². The summed E-state index contributed by atoms with van der Waals surface area (Å²) in [4.78, 5) is 12.5. The van der Waals surface area contributed by atoms with Gasteiger partial charge in [0, 0.05) is 5.69 Å². The van der Waals surface area contributed by atoms with Crippen molar-refractivity contribution in [1.82, 2.24) is 0 Å². The van der Waals surface area contributed by atoms with Crippen molar-refractivity contribution in [2.45, 2.75) is 0 Å². The molecule has 3 aromatic carbocycles. The molecule has 1 amide bonds. The van der Waals surface area contributed by atoms with Crippen molar-refractivity contribution in [3.8, 4) is 11.5 Å². The van der Waals surface area contributed by atoms with E-state index >= 15 is 0 Å². The average molecular weight is 351 g/mol. The van der Waals surface area contributed by atoms with Crippen molar-refractivity contribution in [2.75, 3.05) is 18.5 Å². The molecule has 1 N–H and O–H groups in total. The van der Waals surface area contributed by atoms with E-state index in [0.29, 0.717) is 30.2 Å². The number of hydrogen-bond acceptors (Lipinski definition) is 3. The fourth-order valence-electron chi connectivity index (χ4n) is 2.34. The van der Waals surface area contributed by atoms with E-state index in [1.165, 1.54) is 24.3 Å². The standard InChI is InChI=1S/C21H18FNO3/c22-16-10-12-17(13-11-16)23-21(24)19-8-4-5-9-20(19)26-15-14-25-18-6-2-1-3-7-18/h1-13H,14-15H2,(H,23,24). The molecule has 0 bridgehead atoms. The van der Waals surface area contributed by atoms with Crippen molar-refractivity contribution in [2.24, 2.45) is 0 Å². The minimum absolute atomic E-state index is 0.301. The second kappa shape index (κ2) is 8.67. The van der Waals surface area contributed by atoms with E-state index in [0.717, 1.165) is 5.75 Å². The zero-order chi connectivity index (χ0) is 18.2. The van der Waals surface area contributed by atoms with Crippen LogP contribution in [0.5, 0.6) is 11.5 Å². The second-order valence-corrected chi connectivity index (χ2v) is 5.47. The molecule has 0 radical (unpaired) electrons. The molecule has 0 aliphatic rings. The van der Waals surface area contributed by atoms with Crippen LogP contribution < -0.4 is 14.8 Å². The summed E-state index contributed by atoms with van der Waals surface area (Å²) in [5, 5.41) is 2.73. The Hall–Kier alpha value is -3.34. The summed E-state index contributed by atoms with van der Waals surface area (Å²) in [5.74, 6) is 0.545. The molecule has 132 valence electrons. The van der Waals surface area contributed by atoms with Crippen LogP contribution in [0.4, 0.5) is 10.1 Å². The quantitative estimate of drug-likeness (QED) is 0.636. The number of rotatable bonds is 7. The fraction of sp³-hybridized carbons (Fsp3) is 0.0952. The van der Waals surface area contributed by atoms with E-state index in [2.05, 4.69) is 5.32 Å². The lowest BCUT2D eigenvalue weighted by molar-refractivity contribution is 0.102. The van der Waals surface area contributed by atoms with Crippen LogP contribution in [-0.4, -0.2) is 19.1 Å². The van der Waals surface area contributed by atoms with E-state index in [4.69, 9.17) is 9.47 Å². The smallest absolute Gasteiger partial charge is 0.259 e. The molecule has 0 saturated carbocycles. The van der Waals surface area contributed by atoms with Crippen LogP contribution in [0.15, 0.2) is 78.9 Å². The number of anilines is 1. The van der Waals surface area contributed by atoms with Gasteiger partial charge < -0.3 is 14.8 Å². The molecule has 0 spiro atoms. The first-order valence-corrected chi connectivity index (χ1v) is 8.19. The lowest BCUT2D eigenvalue weighted by Crippen LogP contribution is -2.15. The van der Waals surface area contributed by atoms with E-state index in [9.17, 15) is 9.18 Å². The molecule has 0 saturated heterocycles. The summed E-state index contributed by atoms with van der Waals surface area (Å²) in [6.45, 7) is 0.660. The molecule has 3 aromatic rings. The molecule has 0 aromatic heterocycles. The molecule has 0 aliphatic heterocycles. The summed E-state index contributed by atoms with van der Waals surface area (Å²) >= 11 is 0. The molecular formula is C21H18FNO3. The van der Waals surface area contributed by atoms with Crippen LogP contribution in [0.25, 0.3) is 0 Å². The number of ether oxygens (including phenoxy) is 2. The lowest BCUT2D eigenvalue weighted by Gasteiger charge is -2.12. The van der Waals surface area contributed by atoms with Crippen LogP contribution in [0.3, 0.4) is 0 Å². The van der Waals surface area contributed by atoms with Crippen LogP contribution in [0.1, 0.15) is 10.4 Å². The van der Waals surface area contributed by atoms with E-state index < -0.39 is 0 Å². The molecule has 0 aliphatic carbocycles. The highest BCUT2D eigenvalue weighted by Crippen LogP contribution is 2.20. The Balaban J connectivity index is 1.58. The molecule has 0 atom stereocenters. The predicted molar refractivity (Wildman–Crippen MR) is 98.2 cm³/mol. The molecule has 3 rings (SSSR count). The minimum atomic E-state index is -0.356. The molecule has 0 heterocycles. The number of para-hydroxylation sites is 2.